The lowest BCUT2D eigenvalue weighted by molar-refractivity contribution is 0.0980. The summed E-state index contributed by atoms with van der Waals surface area (Å²) in [7, 11) is 1.76. The van der Waals surface area contributed by atoms with E-state index in [0.717, 1.165) is 27.7 Å². The molecule has 0 spiro atoms. The van der Waals surface area contributed by atoms with Crippen LogP contribution in [0, 0.1) is 6.92 Å². The minimum atomic E-state index is -0.318. The molecule has 4 nitrogen and oxygen atoms in total. The molecule has 0 saturated heterocycles. The SMILES string of the molecule is Cc1ccc(C2Sc3c(c4ccccc4n(C)c3=O)C(=O)N2c2ccccc2)cc1. The highest BCUT2D eigenvalue weighted by molar-refractivity contribution is 7.99. The molecule has 1 aliphatic heterocycles. The van der Waals surface area contributed by atoms with Gasteiger partial charge >= 0.3 is 0 Å². The van der Waals surface area contributed by atoms with Crippen molar-refractivity contribution in [3.8, 4) is 0 Å². The number of anilines is 1. The van der Waals surface area contributed by atoms with Gasteiger partial charge in [-0.05, 0) is 30.7 Å². The molecule has 1 aliphatic rings. The van der Waals surface area contributed by atoms with Crippen LogP contribution in [0.4, 0.5) is 5.69 Å². The summed E-state index contributed by atoms with van der Waals surface area (Å²) >= 11 is 1.45. The Hall–Kier alpha value is -3.31. The van der Waals surface area contributed by atoms with E-state index < -0.39 is 0 Å². The highest BCUT2D eigenvalue weighted by Gasteiger charge is 2.38. The lowest BCUT2D eigenvalue weighted by atomic mass is 10.0. The number of rotatable bonds is 2. The molecule has 0 fully saturated rings. The van der Waals surface area contributed by atoms with E-state index >= 15 is 0 Å². The van der Waals surface area contributed by atoms with Gasteiger partial charge in [0.2, 0.25) is 0 Å². The first-order valence-electron chi connectivity index (χ1n) is 9.80. The molecule has 4 aromatic rings. The molecule has 0 radical (unpaired) electrons. The highest BCUT2D eigenvalue weighted by atomic mass is 32.2. The minimum absolute atomic E-state index is 0.133. The number of nitrogens with zero attached hydrogens (tertiary/aromatic N) is 2. The number of amides is 1. The number of carbonyl (C=O) groups is 1. The van der Waals surface area contributed by atoms with Gasteiger partial charge in [0.25, 0.3) is 11.5 Å². The Kier molecular flexibility index (Phi) is 4.48. The van der Waals surface area contributed by atoms with Crippen molar-refractivity contribution in [3.63, 3.8) is 0 Å². The Morgan fingerprint density at radius 3 is 2.23 bits per heavy atom. The van der Waals surface area contributed by atoms with Crippen LogP contribution in [-0.4, -0.2) is 10.5 Å². The fourth-order valence-electron chi connectivity index (χ4n) is 3.97. The summed E-state index contributed by atoms with van der Waals surface area (Å²) < 4.78 is 1.64. The Labute approximate surface area is 178 Å². The quantitative estimate of drug-likeness (QED) is 0.449. The van der Waals surface area contributed by atoms with Crippen molar-refractivity contribution in [1.82, 2.24) is 4.57 Å². The van der Waals surface area contributed by atoms with E-state index in [4.69, 9.17) is 0 Å². The summed E-state index contributed by atoms with van der Waals surface area (Å²) in [4.78, 5) is 29.5. The highest BCUT2D eigenvalue weighted by Crippen LogP contribution is 2.46. The van der Waals surface area contributed by atoms with Gasteiger partial charge in [-0.15, -0.1) is 0 Å². The van der Waals surface area contributed by atoms with Crippen LogP contribution in [0.15, 0.2) is 88.6 Å². The van der Waals surface area contributed by atoms with Gasteiger partial charge in [0.15, 0.2) is 0 Å². The molecule has 1 amide bonds. The molecular formula is C25H20N2O2S. The summed E-state index contributed by atoms with van der Waals surface area (Å²) in [5.74, 6) is -0.144. The molecule has 0 saturated carbocycles. The van der Waals surface area contributed by atoms with Crippen LogP contribution in [0.5, 0.6) is 0 Å². The average Bonchev–Trinajstić information content (AvgIpc) is 2.78. The minimum Gasteiger partial charge on any atom is -0.310 e. The molecule has 2 heterocycles. The number of para-hydroxylation sites is 2. The molecular weight excluding hydrogens is 392 g/mol. The molecule has 1 unspecified atom stereocenters. The summed E-state index contributed by atoms with van der Waals surface area (Å²) in [5, 5.41) is 0.484. The third-order valence-electron chi connectivity index (χ3n) is 5.55. The Morgan fingerprint density at radius 2 is 1.50 bits per heavy atom. The van der Waals surface area contributed by atoms with Gasteiger partial charge in [-0.2, -0.15) is 0 Å². The van der Waals surface area contributed by atoms with Crippen LogP contribution in [0.25, 0.3) is 10.9 Å². The van der Waals surface area contributed by atoms with E-state index in [2.05, 4.69) is 0 Å². The summed E-state index contributed by atoms with van der Waals surface area (Å²) in [5.41, 5.74) is 4.08. The summed E-state index contributed by atoms with van der Waals surface area (Å²) in [6, 6.07) is 25.4. The van der Waals surface area contributed by atoms with Crippen molar-refractivity contribution < 1.29 is 4.79 Å². The maximum Gasteiger partial charge on any atom is 0.265 e. The van der Waals surface area contributed by atoms with Gasteiger partial charge < -0.3 is 4.57 Å². The second kappa shape index (κ2) is 7.18. The predicted octanol–water partition coefficient (Wildman–Crippen LogP) is 5.30. The fraction of sp³-hybridized carbons (Fsp3) is 0.120. The maximum absolute atomic E-state index is 13.9. The van der Waals surface area contributed by atoms with Gasteiger partial charge in [-0.1, -0.05) is 78.0 Å². The number of fused-ring (bicyclic) bond motifs is 3. The smallest absolute Gasteiger partial charge is 0.265 e. The van der Waals surface area contributed by atoms with E-state index in [1.54, 1.807) is 11.6 Å². The van der Waals surface area contributed by atoms with Gasteiger partial charge in [0.1, 0.15) is 5.37 Å². The van der Waals surface area contributed by atoms with Crippen molar-refractivity contribution in [3.05, 3.63) is 106 Å². The largest absolute Gasteiger partial charge is 0.310 e. The summed E-state index contributed by atoms with van der Waals surface area (Å²) in [6.07, 6.45) is 0. The number of pyridine rings is 1. The lowest BCUT2D eigenvalue weighted by Gasteiger charge is -2.36. The number of hydrogen-bond donors (Lipinski definition) is 0. The first-order valence-corrected chi connectivity index (χ1v) is 10.7. The molecule has 1 aromatic heterocycles. The molecule has 1 atom stereocenters. The molecule has 0 N–H and O–H groups in total. The Bertz CT molecular complexity index is 1330. The number of aromatic nitrogens is 1. The topological polar surface area (TPSA) is 42.3 Å². The molecule has 3 aromatic carbocycles. The fourth-order valence-corrected chi connectivity index (χ4v) is 5.36. The number of carbonyl (C=O) groups excluding carboxylic acids is 1. The molecule has 0 bridgehead atoms. The normalized spacial score (nSPS) is 16.0. The molecule has 5 rings (SSSR count). The molecule has 148 valence electrons. The van der Waals surface area contributed by atoms with Crippen molar-refractivity contribution in [2.45, 2.75) is 17.2 Å². The second-order valence-electron chi connectivity index (χ2n) is 7.48. The summed E-state index contributed by atoms with van der Waals surface area (Å²) in [6.45, 7) is 2.04. The van der Waals surface area contributed by atoms with Crippen molar-refractivity contribution in [1.29, 1.82) is 0 Å². The maximum atomic E-state index is 13.9. The van der Waals surface area contributed by atoms with Crippen LogP contribution in [0.2, 0.25) is 0 Å². The first-order chi connectivity index (χ1) is 14.6. The van der Waals surface area contributed by atoms with Crippen LogP contribution in [0.1, 0.15) is 26.9 Å². The van der Waals surface area contributed by atoms with Gasteiger partial charge in [-0.3, -0.25) is 14.5 Å². The third-order valence-corrected chi connectivity index (χ3v) is 6.87. The number of hydrogen-bond acceptors (Lipinski definition) is 3. The van der Waals surface area contributed by atoms with Crippen LogP contribution >= 0.6 is 11.8 Å². The van der Waals surface area contributed by atoms with Gasteiger partial charge in [0, 0.05) is 18.1 Å². The number of thioether (sulfide) groups is 1. The molecule has 0 aliphatic carbocycles. The van der Waals surface area contributed by atoms with E-state index in [1.165, 1.54) is 11.8 Å². The van der Waals surface area contributed by atoms with Crippen LogP contribution in [-0.2, 0) is 7.05 Å². The van der Waals surface area contributed by atoms with E-state index in [-0.39, 0.29) is 16.8 Å². The monoisotopic (exact) mass is 412 g/mol. The van der Waals surface area contributed by atoms with E-state index in [0.29, 0.717) is 10.5 Å². The zero-order valence-corrected chi connectivity index (χ0v) is 17.5. The number of benzene rings is 3. The predicted molar refractivity (Wildman–Crippen MR) is 122 cm³/mol. The molecule has 5 heteroatoms. The standard InChI is InChI=1S/C25H20N2O2S/c1-16-12-14-17(15-13-16)25-27(18-8-4-3-5-9-18)23(28)21-19-10-6-7-11-20(19)26(2)24(29)22(21)30-25/h3-15,25H,1-2H3. The van der Waals surface area contributed by atoms with Gasteiger partial charge in [0.05, 0.1) is 16.0 Å². The third kappa shape index (κ3) is 2.85. The van der Waals surface area contributed by atoms with Crippen LogP contribution in [0.3, 0.4) is 0 Å². The second-order valence-corrected chi connectivity index (χ2v) is 8.57. The average molecular weight is 413 g/mol. The molecule has 30 heavy (non-hydrogen) atoms. The number of aryl methyl sites for hydroxylation is 2. The zero-order chi connectivity index (χ0) is 20.8. The zero-order valence-electron chi connectivity index (χ0n) is 16.7. The van der Waals surface area contributed by atoms with E-state index in [9.17, 15) is 9.59 Å². The Morgan fingerprint density at radius 1 is 0.833 bits per heavy atom. The Balaban J connectivity index is 1.80. The van der Waals surface area contributed by atoms with Crippen molar-refractivity contribution in [2.24, 2.45) is 7.05 Å². The van der Waals surface area contributed by atoms with Crippen LogP contribution < -0.4 is 10.5 Å². The van der Waals surface area contributed by atoms with Crippen molar-refractivity contribution in [2.75, 3.05) is 4.90 Å². The lowest BCUT2D eigenvalue weighted by Crippen LogP contribution is -2.40. The van der Waals surface area contributed by atoms with E-state index in [1.807, 2.05) is 90.7 Å². The van der Waals surface area contributed by atoms with Crippen molar-refractivity contribution >= 4 is 34.3 Å². The first kappa shape index (κ1) is 18.7. The van der Waals surface area contributed by atoms with Gasteiger partial charge in [-0.25, -0.2) is 0 Å².